The SMILES string of the molecule is CC(C)n1ccc(CC(O)c2cc(Br)ccc2Br)n1. The molecule has 1 atom stereocenters. The summed E-state index contributed by atoms with van der Waals surface area (Å²) < 4.78 is 3.77. The molecule has 0 saturated heterocycles. The zero-order chi connectivity index (χ0) is 14.0. The molecule has 0 saturated carbocycles. The second-order valence-electron chi connectivity index (χ2n) is 4.77. The Morgan fingerprint density at radius 2 is 2.00 bits per heavy atom. The third kappa shape index (κ3) is 3.68. The van der Waals surface area contributed by atoms with Crippen LogP contribution >= 0.6 is 31.9 Å². The van der Waals surface area contributed by atoms with Gasteiger partial charge in [-0.15, -0.1) is 0 Å². The van der Waals surface area contributed by atoms with E-state index in [1.165, 1.54) is 0 Å². The number of rotatable bonds is 4. The van der Waals surface area contributed by atoms with Gasteiger partial charge in [-0.25, -0.2) is 0 Å². The van der Waals surface area contributed by atoms with Crippen molar-refractivity contribution in [1.82, 2.24) is 9.78 Å². The standard InChI is InChI=1S/C14H16Br2N2O/c1-9(2)18-6-5-11(17-18)8-14(19)12-7-10(15)3-4-13(12)16/h3-7,9,14,19H,8H2,1-2H3. The molecule has 102 valence electrons. The Morgan fingerprint density at radius 3 is 2.63 bits per heavy atom. The molecule has 0 amide bonds. The van der Waals surface area contributed by atoms with Gasteiger partial charge in [0.15, 0.2) is 0 Å². The van der Waals surface area contributed by atoms with Gasteiger partial charge in [0.05, 0.1) is 11.8 Å². The van der Waals surface area contributed by atoms with Crippen LogP contribution in [0.15, 0.2) is 39.4 Å². The van der Waals surface area contributed by atoms with Gasteiger partial charge in [0, 0.05) is 27.6 Å². The van der Waals surface area contributed by atoms with Gasteiger partial charge >= 0.3 is 0 Å². The van der Waals surface area contributed by atoms with Crippen LogP contribution in [0.5, 0.6) is 0 Å². The van der Waals surface area contributed by atoms with E-state index in [1.54, 1.807) is 0 Å². The Hall–Kier alpha value is -0.650. The number of nitrogens with zero attached hydrogens (tertiary/aromatic N) is 2. The van der Waals surface area contributed by atoms with Gasteiger partial charge < -0.3 is 5.11 Å². The van der Waals surface area contributed by atoms with E-state index in [-0.39, 0.29) is 0 Å². The normalized spacial score (nSPS) is 12.9. The number of halogens is 2. The second kappa shape index (κ2) is 6.20. The van der Waals surface area contributed by atoms with Crippen molar-refractivity contribution in [3.63, 3.8) is 0 Å². The number of aliphatic hydroxyl groups excluding tert-OH is 1. The molecule has 1 unspecified atom stereocenters. The molecule has 1 aromatic heterocycles. The molecule has 0 fully saturated rings. The summed E-state index contributed by atoms with van der Waals surface area (Å²) in [4.78, 5) is 0. The van der Waals surface area contributed by atoms with Gasteiger partial charge in [-0.3, -0.25) is 4.68 Å². The highest BCUT2D eigenvalue weighted by Crippen LogP contribution is 2.28. The molecule has 0 aliphatic carbocycles. The van der Waals surface area contributed by atoms with Crippen LogP contribution in [0.1, 0.15) is 37.3 Å². The van der Waals surface area contributed by atoms with Crippen LogP contribution in [-0.4, -0.2) is 14.9 Å². The summed E-state index contributed by atoms with van der Waals surface area (Å²) in [5.74, 6) is 0. The van der Waals surface area contributed by atoms with Crippen LogP contribution in [0.2, 0.25) is 0 Å². The van der Waals surface area contributed by atoms with Gasteiger partial charge in [-0.1, -0.05) is 31.9 Å². The maximum Gasteiger partial charge on any atom is 0.0857 e. The predicted molar refractivity (Wildman–Crippen MR) is 83.1 cm³/mol. The third-order valence-corrected chi connectivity index (χ3v) is 4.13. The van der Waals surface area contributed by atoms with Crippen LogP contribution in [0.25, 0.3) is 0 Å². The lowest BCUT2D eigenvalue weighted by Crippen LogP contribution is -2.06. The zero-order valence-electron chi connectivity index (χ0n) is 10.8. The van der Waals surface area contributed by atoms with Gasteiger partial charge in [0.1, 0.15) is 0 Å². The second-order valence-corrected chi connectivity index (χ2v) is 6.54. The summed E-state index contributed by atoms with van der Waals surface area (Å²) in [5, 5.41) is 14.8. The molecule has 2 rings (SSSR count). The van der Waals surface area contributed by atoms with Crippen molar-refractivity contribution in [2.24, 2.45) is 0 Å². The van der Waals surface area contributed by atoms with Crippen molar-refractivity contribution in [2.45, 2.75) is 32.4 Å². The molecular formula is C14H16Br2N2O. The van der Waals surface area contributed by atoms with E-state index in [4.69, 9.17) is 0 Å². The molecule has 0 spiro atoms. The van der Waals surface area contributed by atoms with E-state index >= 15 is 0 Å². The van der Waals surface area contributed by atoms with E-state index in [0.29, 0.717) is 12.5 Å². The molecule has 1 N–H and O–H groups in total. The summed E-state index contributed by atoms with van der Waals surface area (Å²) in [6, 6.07) is 8.08. The molecule has 1 aromatic carbocycles. The Morgan fingerprint density at radius 1 is 1.26 bits per heavy atom. The molecule has 19 heavy (non-hydrogen) atoms. The molecule has 0 aliphatic rings. The van der Waals surface area contributed by atoms with Crippen LogP contribution in [-0.2, 0) is 6.42 Å². The van der Waals surface area contributed by atoms with Crippen LogP contribution in [0, 0.1) is 0 Å². The number of benzene rings is 1. The Balaban J connectivity index is 2.15. The third-order valence-electron chi connectivity index (χ3n) is 2.91. The zero-order valence-corrected chi connectivity index (χ0v) is 14.0. The van der Waals surface area contributed by atoms with Crippen LogP contribution in [0.3, 0.4) is 0 Å². The van der Waals surface area contributed by atoms with Crippen molar-refractivity contribution in [1.29, 1.82) is 0 Å². The van der Waals surface area contributed by atoms with Gasteiger partial charge in [-0.2, -0.15) is 5.10 Å². The molecule has 5 heteroatoms. The van der Waals surface area contributed by atoms with E-state index in [1.807, 2.05) is 35.1 Å². The van der Waals surface area contributed by atoms with E-state index in [0.717, 1.165) is 20.2 Å². The van der Waals surface area contributed by atoms with Crippen LogP contribution in [0.4, 0.5) is 0 Å². The van der Waals surface area contributed by atoms with E-state index in [9.17, 15) is 5.11 Å². The lowest BCUT2D eigenvalue weighted by Gasteiger charge is -2.12. The number of hydrogen-bond donors (Lipinski definition) is 1. The van der Waals surface area contributed by atoms with Crippen molar-refractivity contribution < 1.29 is 5.11 Å². The number of aromatic nitrogens is 2. The Bertz CT molecular complexity index is 566. The summed E-state index contributed by atoms with van der Waals surface area (Å²) >= 11 is 6.89. The fourth-order valence-corrected chi connectivity index (χ4v) is 2.74. The van der Waals surface area contributed by atoms with Crippen molar-refractivity contribution >= 4 is 31.9 Å². The number of hydrogen-bond acceptors (Lipinski definition) is 2. The summed E-state index contributed by atoms with van der Waals surface area (Å²) in [6.07, 6.45) is 1.89. The quantitative estimate of drug-likeness (QED) is 0.850. The first-order valence-electron chi connectivity index (χ1n) is 6.14. The highest BCUT2D eigenvalue weighted by molar-refractivity contribution is 9.11. The van der Waals surface area contributed by atoms with Gasteiger partial charge in [0.2, 0.25) is 0 Å². The topological polar surface area (TPSA) is 38.0 Å². The smallest absolute Gasteiger partial charge is 0.0857 e. The lowest BCUT2D eigenvalue weighted by atomic mass is 10.1. The highest BCUT2D eigenvalue weighted by Gasteiger charge is 2.14. The fourth-order valence-electron chi connectivity index (χ4n) is 1.85. The minimum absolute atomic E-state index is 0.337. The average molecular weight is 388 g/mol. The summed E-state index contributed by atoms with van der Waals surface area (Å²) in [7, 11) is 0. The minimum Gasteiger partial charge on any atom is -0.388 e. The Labute approximate surface area is 129 Å². The first kappa shape index (κ1) is 14.8. The summed E-state index contributed by atoms with van der Waals surface area (Å²) in [6.45, 7) is 4.16. The average Bonchev–Trinajstić information content (AvgIpc) is 2.80. The predicted octanol–water partition coefficient (Wildman–Crippen LogP) is 4.27. The molecule has 3 nitrogen and oxygen atoms in total. The van der Waals surface area contributed by atoms with Crippen molar-refractivity contribution in [2.75, 3.05) is 0 Å². The minimum atomic E-state index is -0.567. The number of aliphatic hydroxyl groups is 1. The largest absolute Gasteiger partial charge is 0.388 e. The first-order valence-corrected chi connectivity index (χ1v) is 7.73. The molecule has 0 bridgehead atoms. The maximum absolute atomic E-state index is 10.3. The lowest BCUT2D eigenvalue weighted by molar-refractivity contribution is 0.176. The van der Waals surface area contributed by atoms with E-state index < -0.39 is 6.10 Å². The van der Waals surface area contributed by atoms with Gasteiger partial charge in [0.25, 0.3) is 0 Å². The first-order chi connectivity index (χ1) is 8.97. The molecular weight excluding hydrogens is 372 g/mol. The highest BCUT2D eigenvalue weighted by atomic mass is 79.9. The molecule has 0 aliphatic heterocycles. The Kier molecular flexibility index (Phi) is 4.81. The molecule has 2 aromatic rings. The van der Waals surface area contributed by atoms with Crippen LogP contribution < -0.4 is 0 Å². The van der Waals surface area contributed by atoms with Gasteiger partial charge in [-0.05, 0) is 43.7 Å². The maximum atomic E-state index is 10.3. The molecule has 1 heterocycles. The fraction of sp³-hybridized carbons (Fsp3) is 0.357. The summed E-state index contributed by atoms with van der Waals surface area (Å²) in [5.41, 5.74) is 1.77. The monoisotopic (exact) mass is 386 g/mol. The van der Waals surface area contributed by atoms with Crippen molar-refractivity contribution in [3.05, 3.63) is 50.7 Å². The molecule has 0 radical (unpaired) electrons. The van der Waals surface area contributed by atoms with Crippen molar-refractivity contribution in [3.8, 4) is 0 Å². The van der Waals surface area contributed by atoms with E-state index in [2.05, 4.69) is 50.8 Å².